The highest BCUT2D eigenvalue weighted by Gasteiger charge is 2.07. The van der Waals surface area contributed by atoms with Crippen molar-refractivity contribution in [2.75, 3.05) is 0 Å². The number of halogens is 2. The molecule has 100 valence electrons. The quantitative estimate of drug-likeness (QED) is 0.686. The van der Waals surface area contributed by atoms with Crippen molar-refractivity contribution >= 4 is 17.2 Å². The van der Waals surface area contributed by atoms with Gasteiger partial charge in [0.25, 0.3) is 0 Å². The molecule has 0 radical (unpaired) electrons. The van der Waals surface area contributed by atoms with E-state index in [1.807, 2.05) is 0 Å². The van der Waals surface area contributed by atoms with E-state index in [1.54, 1.807) is 29.1 Å². The van der Waals surface area contributed by atoms with Gasteiger partial charge in [0.15, 0.2) is 11.6 Å². The smallest absolute Gasteiger partial charge is 0.159 e. The van der Waals surface area contributed by atoms with Gasteiger partial charge in [0.1, 0.15) is 6.29 Å². The van der Waals surface area contributed by atoms with Crippen LogP contribution in [0.4, 0.5) is 8.78 Å². The van der Waals surface area contributed by atoms with Crippen LogP contribution >= 0.6 is 0 Å². The molecular formula is C15H10F2N2O. The standard InChI is InChI=1S/C15H10F2N2O/c16-13-3-1-10(6-14(13)17)8-19-15-4-2-11(9-20)5-12(15)7-18-19/h1-7,9H,8H2. The van der Waals surface area contributed by atoms with Crippen molar-refractivity contribution in [3.63, 3.8) is 0 Å². The van der Waals surface area contributed by atoms with Gasteiger partial charge in [-0.15, -0.1) is 0 Å². The summed E-state index contributed by atoms with van der Waals surface area (Å²) in [4.78, 5) is 10.7. The van der Waals surface area contributed by atoms with Crippen LogP contribution in [0.1, 0.15) is 15.9 Å². The maximum absolute atomic E-state index is 13.2. The van der Waals surface area contributed by atoms with Gasteiger partial charge in [-0.25, -0.2) is 8.78 Å². The highest BCUT2D eigenvalue weighted by molar-refractivity contribution is 5.86. The highest BCUT2D eigenvalue weighted by atomic mass is 19.2. The van der Waals surface area contributed by atoms with E-state index in [0.717, 1.165) is 29.3 Å². The maximum Gasteiger partial charge on any atom is 0.159 e. The zero-order valence-corrected chi connectivity index (χ0v) is 10.4. The normalized spacial score (nSPS) is 10.9. The van der Waals surface area contributed by atoms with Gasteiger partial charge >= 0.3 is 0 Å². The largest absolute Gasteiger partial charge is 0.298 e. The summed E-state index contributed by atoms with van der Waals surface area (Å²) < 4.78 is 27.7. The summed E-state index contributed by atoms with van der Waals surface area (Å²) in [5, 5.41) is 5.03. The van der Waals surface area contributed by atoms with Crippen molar-refractivity contribution in [1.29, 1.82) is 0 Å². The minimum atomic E-state index is -0.873. The summed E-state index contributed by atoms with van der Waals surface area (Å²) in [5.74, 6) is -1.74. The first-order chi connectivity index (χ1) is 9.67. The second kappa shape index (κ2) is 4.85. The molecule has 0 aliphatic rings. The van der Waals surface area contributed by atoms with Crippen LogP contribution in [0.3, 0.4) is 0 Å². The second-order valence-corrected chi connectivity index (χ2v) is 4.49. The molecule has 3 nitrogen and oxygen atoms in total. The number of nitrogens with zero attached hydrogens (tertiary/aromatic N) is 2. The van der Waals surface area contributed by atoms with Gasteiger partial charge in [0.2, 0.25) is 0 Å². The van der Waals surface area contributed by atoms with Gasteiger partial charge in [0, 0.05) is 10.9 Å². The van der Waals surface area contributed by atoms with E-state index in [-0.39, 0.29) is 0 Å². The number of hydrogen-bond donors (Lipinski definition) is 0. The lowest BCUT2D eigenvalue weighted by atomic mass is 10.1. The molecule has 0 fully saturated rings. The van der Waals surface area contributed by atoms with Gasteiger partial charge in [-0.2, -0.15) is 5.10 Å². The molecule has 20 heavy (non-hydrogen) atoms. The van der Waals surface area contributed by atoms with Crippen molar-refractivity contribution in [3.8, 4) is 0 Å². The predicted octanol–water partition coefficient (Wildman–Crippen LogP) is 3.18. The zero-order chi connectivity index (χ0) is 14.1. The molecule has 0 aliphatic heterocycles. The molecule has 0 saturated heterocycles. The number of carbonyl (C=O) groups excluding carboxylic acids is 1. The van der Waals surface area contributed by atoms with E-state index in [1.165, 1.54) is 6.07 Å². The molecule has 0 amide bonds. The Morgan fingerprint density at radius 1 is 1.10 bits per heavy atom. The molecular weight excluding hydrogens is 262 g/mol. The summed E-state index contributed by atoms with van der Waals surface area (Å²) in [6, 6.07) is 8.98. The Bertz CT molecular complexity index is 796. The topological polar surface area (TPSA) is 34.9 Å². The number of carbonyl (C=O) groups is 1. The monoisotopic (exact) mass is 272 g/mol. The molecule has 0 aliphatic carbocycles. The van der Waals surface area contributed by atoms with E-state index in [0.29, 0.717) is 17.7 Å². The Labute approximate surface area is 113 Å². The molecule has 1 heterocycles. The molecule has 0 bridgehead atoms. The van der Waals surface area contributed by atoms with Gasteiger partial charge < -0.3 is 0 Å². The van der Waals surface area contributed by atoms with Crippen LogP contribution in [0, 0.1) is 11.6 Å². The number of aldehydes is 1. The summed E-state index contributed by atoms with van der Waals surface area (Å²) >= 11 is 0. The Hall–Kier alpha value is -2.56. The van der Waals surface area contributed by atoms with E-state index >= 15 is 0 Å². The first-order valence-electron chi connectivity index (χ1n) is 6.02. The molecule has 3 rings (SSSR count). The Kier molecular flexibility index (Phi) is 3.02. The molecule has 0 unspecified atom stereocenters. The van der Waals surface area contributed by atoms with Crippen LogP contribution in [-0.4, -0.2) is 16.1 Å². The molecule has 0 saturated carbocycles. The number of hydrogen-bond acceptors (Lipinski definition) is 2. The molecule has 5 heteroatoms. The third-order valence-corrected chi connectivity index (χ3v) is 3.12. The Morgan fingerprint density at radius 2 is 1.95 bits per heavy atom. The number of rotatable bonds is 3. The van der Waals surface area contributed by atoms with Crippen molar-refractivity contribution < 1.29 is 13.6 Å². The third-order valence-electron chi connectivity index (χ3n) is 3.12. The lowest BCUT2D eigenvalue weighted by Gasteiger charge is -2.04. The van der Waals surface area contributed by atoms with Crippen LogP contribution in [0.15, 0.2) is 42.6 Å². The summed E-state index contributed by atoms with van der Waals surface area (Å²) in [6.45, 7) is 0.334. The van der Waals surface area contributed by atoms with E-state index in [2.05, 4.69) is 5.10 Å². The van der Waals surface area contributed by atoms with Gasteiger partial charge in [-0.1, -0.05) is 6.07 Å². The molecule has 1 aromatic heterocycles. The molecule has 3 aromatic rings. The van der Waals surface area contributed by atoms with Crippen LogP contribution in [0.25, 0.3) is 10.9 Å². The van der Waals surface area contributed by atoms with Gasteiger partial charge in [-0.3, -0.25) is 9.48 Å². The zero-order valence-electron chi connectivity index (χ0n) is 10.4. The first kappa shape index (κ1) is 12.5. The minimum absolute atomic E-state index is 0.334. The number of aromatic nitrogens is 2. The minimum Gasteiger partial charge on any atom is -0.298 e. The second-order valence-electron chi connectivity index (χ2n) is 4.49. The van der Waals surface area contributed by atoms with E-state index in [9.17, 15) is 13.6 Å². The summed E-state index contributed by atoms with van der Waals surface area (Å²) in [5.41, 5.74) is 2.03. The van der Waals surface area contributed by atoms with Crippen LogP contribution in [0.5, 0.6) is 0 Å². The van der Waals surface area contributed by atoms with Gasteiger partial charge in [0.05, 0.1) is 18.3 Å². The number of fused-ring (bicyclic) bond motifs is 1. The summed E-state index contributed by atoms with van der Waals surface area (Å²) in [7, 11) is 0. The fourth-order valence-electron chi connectivity index (χ4n) is 2.12. The fourth-order valence-corrected chi connectivity index (χ4v) is 2.12. The van der Waals surface area contributed by atoms with Crippen molar-refractivity contribution in [2.24, 2.45) is 0 Å². The molecule has 0 atom stereocenters. The molecule has 0 N–H and O–H groups in total. The van der Waals surface area contributed by atoms with Crippen molar-refractivity contribution in [2.45, 2.75) is 6.54 Å². The Balaban J connectivity index is 1.98. The predicted molar refractivity (Wildman–Crippen MR) is 70.6 cm³/mol. The lowest BCUT2D eigenvalue weighted by molar-refractivity contribution is 0.112. The molecule has 0 spiro atoms. The average molecular weight is 272 g/mol. The number of benzene rings is 2. The van der Waals surface area contributed by atoms with Crippen molar-refractivity contribution in [1.82, 2.24) is 9.78 Å². The van der Waals surface area contributed by atoms with Crippen LogP contribution in [0.2, 0.25) is 0 Å². The van der Waals surface area contributed by atoms with E-state index in [4.69, 9.17) is 0 Å². The van der Waals surface area contributed by atoms with Crippen LogP contribution in [-0.2, 0) is 6.54 Å². The maximum atomic E-state index is 13.2. The highest BCUT2D eigenvalue weighted by Crippen LogP contribution is 2.17. The lowest BCUT2D eigenvalue weighted by Crippen LogP contribution is -2.02. The third kappa shape index (κ3) is 2.18. The Morgan fingerprint density at radius 3 is 2.70 bits per heavy atom. The average Bonchev–Trinajstić information content (AvgIpc) is 2.85. The van der Waals surface area contributed by atoms with Gasteiger partial charge in [-0.05, 0) is 35.9 Å². The fraction of sp³-hybridized carbons (Fsp3) is 0.0667. The SMILES string of the molecule is O=Cc1ccc2c(cnn2Cc2ccc(F)c(F)c2)c1. The molecule has 2 aromatic carbocycles. The van der Waals surface area contributed by atoms with Crippen molar-refractivity contribution in [3.05, 3.63) is 65.4 Å². The first-order valence-corrected chi connectivity index (χ1v) is 6.02. The summed E-state index contributed by atoms with van der Waals surface area (Å²) in [6.07, 6.45) is 2.41. The van der Waals surface area contributed by atoms with Crippen LogP contribution < -0.4 is 0 Å². The van der Waals surface area contributed by atoms with E-state index < -0.39 is 11.6 Å².